The van der Waals surface area contributed by atoms with Gasteiger partial charge in [-0.1, -0.05) is 28.9 Å². The van der Waals surface area contributed by atoms with Crippen LogP contribution in [0.5, 0.6) is 0 Å². The quantitative estimate of drug-likeness (QED) is 0.869. The van der Waals surface area contributed by atoms with Crippen LogP contribution in [0.4, 0.5) is 5.82 Å². The molecule has 6 nitrogen and oxygen atoms in total. The first-order chi connectivity index (χ1) is 9.67. The van der Waals surface area contributed by atoms with Gasteiger partial charge in [0.25, 0.3) is 0 Å². The lowest BCUT2D eigenvalue weighted by atomic mass is 10.3. The van der Waals surface area contributed by atoms with Crippen LogP contribution >= 0.6 is 15.9 Å². The van der Waals surface area contributed by atoms with Gasteiger partial charge in [0.2, 0.25) is 5.91 Å². The number of pyridine rings is 1. The van der Waals surface area contributed by atoms with Crippen LogP contribution in [0, 0.1) is 11.3 Å². The van der Waals surface area contributed by atoms with Crippen LogP contribution in [0.1, 0.15) is 18.9 Å². The molecule has 0 aliphatic carbocycles. The molecule has 2 aromatic rings. The molecule has 0 radical (unpaired) electrons. The lowest BCUT2D eigenvalue weighted by Gasteiger charge is -2.11. The van der Waals surface area contributed by atoms with Crippen LogP contribution in [-0.2, 0) is 4.79 Å². The molecule has 0 aliphatic heterocycles. The largest absolute Gasteiger partial charge is 0.308 e. The van der Waals surface area contributed by atoms with Crippen LogP contribution in [0.25, 0.3) is 5.82 Å². The van der Waals surface area contributed by atoms with E-state index in [2.05, 4.69) is 31.3 Å². The van der Waals surface area contributed by atoms with Crippen molar-refractivity contribution >= 4 is 27.7 Å². The summed E-state index contributed by atoms with van der Waals surface area (Å²) < 4.78 is 1.44. The van der Waals surface area contributed by atoms with Gasteiger partial charge in [-0.2, -0.15) is 15.0 Å². The molecule has 1 N–H and O–H groups in total. The maximum atomic E-state index is 12.0. The van der Waals surface area contributed by atoms with E-state index < -0.39 is 0 Å². The SMILES string of the molecule is CCC(Br)C(=O)Nc1c(C#N)cnn1-c1ccccn1. The molecule has 102 valence electrons. The van der Waals surface area contributed by atoms with Crippen molar-refractivity contribution in [3.05, 3.63) is 36.2 Å². The first kappa shape index (κ1) is 14.2. The fourth-order valence-electron chi connectivity index (χ4n) is 1.58. The Hall–Kier alpha value is -2.20. The summed E-state index contributed by atoms with van der Waals surface area (Å²) in [6.45, 7) is 1.89. The number of aromatic nitrogens is 3. The molecule has 0 aliphatic rings. The van der Waals surface area contributed by atoms with Crippen molar-refractivity contribution in [2.75, 3.05) is 5.32 Å². The third-order valence-electron chi connectivity index (χ3n) is 2.64. The molecule has 1 atom stereocenters. The van der Waals surface area contributed by atoms with Gasteiger partial charge >= 0.3 is 0 Å². The van der Waals surface area contributed by atoms with E-state index in [1.807, 2.05) is 13.0 Å². The topological polar surface area (TPSA) is 83.6 Å². The van der Waals surface area contributed by atoms with Crippen molar-refractivity contribution in [1.82, 2.24) is 14.8 Å². The monoisotopic (exact) mass is 333 g/mol. The minimum Gasteiger partial charge on any atom is -0.308 e. The van der Waals surface area contributed by atoms with Gasteiger partial charge in [-0.15, -0.1) is 0 Å². The van der Waals surface area contributed by atoms with Crippen LogP contribution in [0.2, 0.25) is 0 Å². The summed E-state index contributed by atoms with van der Waals surface area (Å²) >= 11 is 3.28. The molecular formula is C13H12BrN5O. The number of alkyl halides is 1. The number of amides is 1. The predicted octanol–water partition coefficient (Wildman–Crippen LogP) is 2.25. The number of carbonyl (C=O) groups excluding carboxylic acids is 1. The van der Waals surface area contributed by atoms with Crippen molar-refractivity contribution in [3.63, 3.8) is 0 Å². The average Bonchev–Trinajstić information content (AvgIpc) is 2.89. The Kier molecular flexibility index (Phi) is 4.48. The number of nitriles is 1. The van der Waals surface area contributed by atoms with Crippen molar-refractivity contribution in [1.29, 1.82) is 5.26 Å². The normalized spacial score (nSPS) is 11.7. The second kappa shape index (κ2) is 6.30. The molecule has 2 rings (SSSR count). The van der Waals surface area contributed by atoms with E-state index in [1.165, 1.54) is 10.9 Å². The Morgan fingerprint density at radius 3 is 3.00 bits per heavy atom. The summed E-state index contributed by atoms with van der Waals surface area (Å²) in [6.07, 6.45) is 3.67. The molecule has 0 aromatic carbocycles. The van der Waals surface area contributed by atoms with Gasteiger partial charge in [-0.25, -0.2) is 4.98 Å². The first-order valence-corrected chi connectivity index (χ1v) is 6.93. The zero-order chi connectivity index (χ0) is 14.5. The number of hydrogen-bond acceptors (Lipinski definition) is 4. The Morgan fingerprint density at radius 2 is 2.40 bits per heavy atom. The van der Waals surface area contributed by atoms with E-state index in [9.17, 15) is 4.79 Å². The second-order valence-electron chi connectivity index (χ2n) is 3.98. The number of nitrogens with one attached hydrogen (secondary N) is 1. The molecule has 1 unspecified atom stereocenters. The highest BCUT2D eigenvalue weighted by atomic mass is 79.9. The Labute approximate surface area is 124 Å². The summed E-state index contributed by atoms with van der Waals surface area (Å²) in [6, 6.07) is 7.34. The van der Waals surface area contributed by atoms with Crippen LogP contribution in [-0.4, -0.2) is 25.5 Å². The second-order valence-corrected chi connectivity index (χ2v) is 5.09. The highest BCUT2D eigenvalue weighted by Gasteiger charge is 2.19. The van der Waals surface area contributed by atoms with Gasteiger partial charge in [-0.05, 0) is 18.6 Å². The molecule has 2 aromatic heterocycles. The number of anilines is 1. The lowest BCUT2D eigenvalue weighted by Crippen LogP contribution is -2.24. The van der Waals surface area contributed by atoms with Crippen molar-refractivity contribution in [2.24, 2.45) is 0 Å². The minimum atomic E-state index is -0.318. The van der Waals surface area contributed by atoms with Gasteiger partial charge in [0.05, 0.1) is 11.0 Å². The highest BCUT2D eigenvalue weighted by Crippen LogP contribution is 2.19. The zero-order valence-corrected chi connectivity index (χ0v) is 12.3. The van der Waals surface area contributed by atoms with E-state index in [0.29, 0.717) is 23.6 Å². The third kappa shape index (κ3) is 2.86. The Bertz CT molecular complexity index is 647. The van der Waals surface area contributed by atoms with Crippen LogP contribution in [0.3, 0.4) is 0 Å². The molecule has 0 saturated heterocycles. The summed E-state index contributed by atoms with van der Waals surface area (Å²) in [7, 11) is 0. The van der Waals surface area contributed by atoms with E-state index in [4.69, 9.17) is 5.26 Å². The number of carbonyl (C=O) groups is 1. The van der Waals surface area contributed by atoms with Gasteiger partial charge in [0.1, 0.15) is 11.6 Å². The van der Waals surface area contributed by atoms with Crippen LogP contribution < -0.4 is 5.32 Å². The fourth-order valence-corrected chi connectivity index (χ4v) is 1.70. The van der Waals surface area contributed by atoms with E-state index in [0.717, 1.165) is 0 Å². The molecule has 1 amide bonds. The zero-order valence-electron chi connectivity index (χ0n) is 10.7. The summed E-state index contributed by atoms with van der Waals surface area (Å²) in [4.78, 5) is 15.8. The predicted molar refractivity (Wildman–Crippen MR) is 77.7 cm³/mol. The Morgan fingerprint density at radius 1 is 1.60 bits per heavy atom. The molecule has 0 spiro atoms. The molecular weight excluding hydrogens is 322 g/mol. The first-order valence-electron chi connectivity index (χ1n) is 6.01. The standard InChI is InChI=1S/C13H12BrN5O/c1-2-10(14)13(20)18-12-9(7-15)8-17-19(12)11-5-3-4-6-16-11/h3-6,8,10H,2H2,1H3,(H,18,20). The van der Waals surface area contributed by atoms with Gasteiger partial charge in [0.15, 0.2) is 11.6 Å². The van der Waals surface area contributed by atoms with Crippen molar-refractivity contribution < 1.29 is 4.79 Å². The number of rotatable bonds is 4. The van der Waals surface area contributed by atoms with E-state index >= 15 is 0 Å². The van der Waals surface area contributed by atoms with Gasteiger partial charge in [0, 0.05) is 6.20 Å². The summed E-state index contributed by atoms with van der Waals surface area (Å²) in [5.74, 6) is 0.641. The number of hydrogen-bond donors (Lipinski definition) is 1. The molecule has 20 heavy (non-hydrogen) atoms. The highest BCUT2D eigenvalue weighted by molar-refractivity contribution is 9.10. The maximum absolute atomic E-state index is 12.0. The van der Waals surface area contributed by atoms with Gasteiger partial charge < -0.3 is 5.32 Å². The number of halogens is 1. The summed E-state index contributed by atoms with van der Waals surface area (Å²) in [5, 5.41) is 15.9. The van der Waals surface area contributed by atoms with Crippen LogP contribution in [0.15, 0.2) is 30.6 Å². The fraction of sp³-hybridized carbons (Fsp3) is 0.231. The minimum absolute atomic E-state index is 0.221. The average molecular weight is 334 g/mol. The third-order valence-corrected chi connectivity index (χ3v) is 3.70. The molecule has 0 bridgehead atoms. The molecule has 7 heteroatoms. The molecule has 0 saturated carbocycles. The van der Waals surface area contributed by atoms with Crippen molar-refractivity contribution in [3.8, 4) is 11.9 Å². The smallest absolute Gasteiger partial charge is 0.239 e. The lowest BCUT2D eigenvalue weighted by molar-refractivity contribution is -0.115. The van der Waals surface area contributed by atoms with E-state index in [1.54, 1.807) is 24.4 Å². The van der Waals surface area contributed by atoms with Gasteiger partial charge in [-0.3, -0.25) is 4.79 Å². The van der Waals surface area contributed by atoms with Crippen molar-refractivity contribution in [2.45, 2.75) is 18.2 Å². The molecule has 0 fully saturated rings. The van der Waals surface area contributed by atoms with E-state index in [-0.39, 0.29) is 10.7 Å². The number of nitrogens with zero attached hydrogens (tertiary/aromatic N) is 4. The maximum Gasteiger partial charge on any atom is 0.239 e. The Balaban J connectivity index is 2.39. The molecule has 2 heterocycles. The summed E-state index contributed by atoms with van der Waals surface area (Å²) in [5.41, 5.74) is 0.291.